The van der Waals surface area contributed by atoms with Crippen molar-refractivity contribution in [2.45, 2.75) is 18.9 Å². The van der Waals surface area contributed by atoms with Crippen molar-refractivity contribution in [3.63, 3.8) is 0 Å². The molecule has 14 heavy (non-hydrogen) atoms. The molecule has 1 rings (SSSR count). The van der Waals surface area contributed by atoms with Gasteiger partial charge in [-0.15, -0.1) is 0 Å². The molecule has 4 heteroatoms. The summed E-state index contributed by atoms with van der Waals surface area (Å²) in [5.41, 5.74) is 6.18. The van der Waals surface area contributed by atoms with Crippen LogP contribution in [0, 0.1) is 0 Å². The van der Waals surface area contributed by atoms with Crippen LogP contribution in [0.1, 0.15) is 12.8 Å². The van der Waals surface area contributed by atoms with Crippen LogP contribution < -0.4 is 5.73 Å². The van der Waals surface area contributed by atoms with Crippen LogP contribution in [-0.4, -0.2) is 22.2 Å². The fourth-order valence-electron chi connectivity index (χ4n) is 1.14. The number of aliphatic hydroxyl groups is 1. The highest BCUT2D eigenvalue weighted by Crippen LogP contribution is 2.13. The van der Waals surface area contributed by atoms with E-state index >= 15 is 0 Å². The monoisotopic (exact) mass is 195 g/mol. The maximum atomic E-state index is 10.5. The zero-order valence-corrected chi connectivity index (χ0v) is 7.68. The van der Waals surface area contributed by atoms with Gasteiger partial charge in [0.1, 0.15) is 6.04 Å². The molecule has 4 N–H and O–H groups in total. The van der Waals surface area contributed by atoms with E-state index in [1.54, 1.807) is 24.3 Å². The zero-order chi connectivity index (χ0) is 10.6. The summed E-state index contributed by atoms with van der Waals surface area (Å²) in [5.74, 6) is -0.753. The smallest absolute Gasteiger partial charge is 0.320 e. The van der Waals surface area contributed by atoms with Gasteiger partial charge in [-0.05, 0) is 18.1 Å². The van der Waals surface area contributed by atoms with Crippen molar-refractivity contribution in [1.29, 1.82) is 0 Å². The highest BCUT2D eigenvalue weighted by Gasteiger charge is 2.12. The molecule has 0 heterocycles. The van der Waals surface area contributed by atoms with Gasteiger partial charge in [0.25, 0.3) is 0 Å². The third-order valence-corrected chi connectivity index (χ3v) is 1.92. The number of rotatable bonds is 3. The van der Waals surface area contributed by atoms with E-state index in [-0.39, 0.29) is 12.2 Å². The first-order chi connectivity index (χ1) is 6.59. The number of aliphatic carboxylic acids is 1. The maximum Gasteiger partial charge on any atom is 0.320 e. The van der Waals surface area contributed by atoms with Crippen molar-refractivity contribution >= 4 is 5.97 Å². The second-order valence-electron chi connectivity index (χ2n) is 3.15. The molecule has 0 amide bonds. The van der Waals surface area contributed by atoms with E-state index in [0.29, 0.717) is 6.42 Å². The molecule has 0 saturated carbocycles. The molecule has 1 unspecified atom stereocenters. The lowest BCUT2D eigenvalue weighted by molar-refractivity contribution is -0.138. The first kappa shape index (κ1) is 10.5. The average Bonchev–Trinajstić information content (AvgIpc) is 2.31. The molecule has 0 saturated heterocycles. The van der Waals surface area contributed by atoms with Gasteiger partial charge in [0.2, 0.25) is 0 Å². The summed E-state index contributed by atoms with van der Waals surface area (Å²) < 4.78 is 0. The van der Waals surface area contributed by atoms with Crippen LogP contribution in [0.25, 0.3) is 0 Å². The number of carboxylic acid groups (broad SMARTS) is 1. The Hall–Kier alpha value is -1.55. The molecular formula is C10H13NO3. The summed E-state index contributed by atoms with van der Waals surface area (Å²) in [6.07, 6.45) is 7.55. The molecule has 0 bridgehead atoms. The highest BCUT2D eigenvalue weighted by atomic mass is 16.4. The van der Waals surface area contributed by atoms with Gasteiger partial charge in [0.15, 0.2) is 0 Å². The number of carboxylic acids is 1. The summed E-state index contributed by atoms with van der Waals surface area (Å²) in [4.78, 5) is 10.5. The highest BCUT2D eigenvalue weighted by molar-refractivity contribution is 5.73. The standard InChI is InChI=1S/C10H13NO3/c11-9(10(13)14)6-7-2-1-3-8(12)5-4-7/h1-2,4-5,9,12H,3,6,11H2,(H,13,14). The third kappa shape index (κ3) is 3.06. The van der Waals surface area contributed by atoms with E-state index in [2.05, 4.69) is 0 Å². The first-order valence-electron chi connectivity index (χ1n) is 4.33. The molecule has 4 nitrogen and oxygen atoms in total. The quantitative estimate of drug-likeness (QED) is 0.630. The Balaban J connectivity index is 2.65. The molecule has 76 valence electrons. The summed E-state index contributed by atoms with van der Waals surface area (Å²) >= 11 is 0. The molecule has 0 spiro atoms. The van der Waals surface area contributed by atoms with Crippen LogP contribution in [0.2, 0.25) is 0 Å². The Bertz CT molecular complexity index is 315. The minimum atomic E-state index is -1.02. The average molecular weight is 195 g/mol. The molecule has 0 aromatic heterocycles. The van der Waals surface area contributed by atoms with Gasteiger partial charge >= 0.3 is 5.97 Å². The SMILES string of the molecule is NC(CC1=CC=C(O)CC=C1)C(=O)O. The molecule has 0 aromatic rings. The second-order valence-corrected chi connectivity index (χ2v) is 3.15. The van der Waals surface area contributed by atoms with Gasteiger partial charge in [-0.25, -0.2) is 0 Å². The largest absolute Gasteiger partial charge is 0.512 e. The summed E-state index contributed by atoms with van der Waals surface area (Å²) in [6.45, 7) is 0. The zero-order valence-electron chi connectivity index (χ0n) is 7.68. The van der Waals surface area contributed by atoms with E-state index in [1.165, 1.54) is 0 Å². The van der Waals surface area contributed by atoms with Gasteiger partial charge in [-0.2, -0.15) is 0 Å². The van der Waals surface area contributed by atoms with Crippen LogP contribution >= 0.6 is 0 Å². The Labute approximate surface area is 82.0 Å². The predicted octanol–water partition coefficient (Wildman–Crippen LogP) is 1.12. The molecular weight excluding hydrogens is 182 g/mol. The Morgan fingerprint density at radius 2 is 2.29 bits per heavy atom. The van der Waals surface area contributed by atoms with Crippen LogP contribution in [0.4, 0.5) is 0 Å². The minimum Gasteiger partial charge on any atom is -0.512 e. The van der Waals surface area contributed by atoms with E-state index in [9.17, 15) is 4.79 Å². The van der Waals surface area contributed by atoms with Gasteiger partial charge in [-0.1, -0.05) is 18.2 Å². The molecule has 1 aliphatic rings. The fourth-order valence-corrected chi connectivity index (χ4v) is 1.14. The third-order valence-electron chi connectivity index (χ3n) is 1.92. The summed E-state index contributed by atoms with van der Waals surface area (Å²) in [5, 5.41) is 17.8. The van der Waals surface area contributed by atoms with Gasteiger partial charge in [0.05, 0.1) is 5.76 Å². The van der Waals surface area contributed by atoms with Gasteiger partial charge in [-0.3, -0.25) is 4.79 Å². The molecule has 0 aliphatic heterocycles. The van der Waals surface area contributed by atoms with Crippen LogP contribution in [0.3, 0.4) is 0 Å². The summed E-state index contributed by atoms with van der Waals surface area (Å²) in [6, 6.07) is -0.889. The van der Waals surface area contributed by atoms with Gasteiger partial charge < -0.3 is 15.9 Å². The second kappa shape index (κ2) is 4.62. The van der Waals surface area contributed by atoms with E-state index in [1.807, 2.05) is 0 Å². The van der Waals surface area contributed by atoms with Crippen molar-refractivity contribution < 1.29 is 15.0 Å². The number of allylic oxidation sites excluding steroid dienone is 4. The van der Waals surface area contributed by atoms with E-state index in [0.717, 1.165) is 5.57 Å². The number of carbonyl (C=O) groups is 1. The Morgan fingerprint density at radius 1 is 1.57 bits per heavy atom. The lowest BCUT2D eigenvalue weighted by Gasteiger charge is -2.05. The minimum absolute atomic E-state index is 0.264. The van der Waals surface area contributed by atoms with Crippen molar-refractivity contribution in [2.75, 3.05) is 0 Å². The molecule has 1 atom stereocenters. The molecule has 0 fully saturated rings. The Morgan fingerprint density at radius 3 is 2.93 bits per heavy atom. The lowest BCUT2D eigenvalue weighted by atomic mass is 10.1. The maximum absolute atomic E-state index is 10.5. The normalized spacial score (nSPS) is 18.1. The molecule has 0 radical (unpaired) electrons. The van der Waals surface area contributed by atoms with Crippen molar-refractivity contribution in [2.24, 2.45) is 5.73 Å². The van der Waals surface area contributed by atoms with Crippen molar-refractivity contribution in [1.82, 2.24) is 0 Å². The van der Waals surface area contributed by atoms with E-state index in [4.69, 9.17) is 15.9 Å². The number of aliphatic hydroxyl groups excluding tert-OH is 1. The van der Waals surface area contributed by atoms with Crippen molar-refractivity contribution in [3.05, 3.63) is 35.6 Å². The predicted molar refractivity (Wildman–Crippen MR) is 52.8 cm³/mol. The number of hydrogen-bond acceptors (Lipinski definition) is 3. The summed E-state index contributed by atoms with van der Waals surface area (Å²) in [7, 11) is 0. The van der Waals surface area contributed by atoms with Crippen molar-refractivity contribution in [3.8, 4) is 0 Å². The fraction of sp³-hybridized carbons (Fsp3) is 0.300. The number of hydrogen-bond donors (Lipinski definition) is 3. The Kier molecular flexibility index (Phi) is 3.48. The van der Waals surface area contributed by atoms with Crippen LogP contribution in [0.5, 0.6) is 0 Å². The lowest BCUT2D eigenvalue weighted by Crippen LogP contribution is -2.30. The number of nitrogens with two attached hydrogens (primary N) is 1. The van der Waals surface area contributed by atoms with Crippen LogP contribution in [0.15, 0.2) is 35.6 Å². The molecule has 0 aromatic carbocycles. The first-order valence-corrected chi connectivity index (χ1v) is 4.33. The van der Waals surface area contributed by atoms with Crippen LogP contribution in [-0.2, 0) is 4.79 Å². The topological polar surface area (TPSA) is 83.5 Å². The molecule has 1 aliphatic carbocycles. The van der Waals surface area contributed by atoms with Gasteiger partial charge in [0, 0.05) is 6.42 Å². The van der Waals surface area contributed by atoms with E-state index < -0.39 is 12.0 Å².